The van der Waals surface area contributed by atoms with Crippen LogP contribution < -0.4 is 15.1 Å². The standard InChI is InChI=1S/C20H20BrN5O2/c21-13-5-7-22-18(10-13)24-20(28)26-14-6-8-25(11-14)16-4-3-15(23-19(16)26)17(27)9-12-1-2-12/h3-5,7,10,12,14H,1-2,6,8-9,11H2,(H,22,24,28)/t14-/m0/s1. The molecule has 1 saturated heterocycles. The van der Waals surface area contributed by atoms with E-state index in [9.17, 15) is 9.59 Å². The zero-order valence-electron chi connectivity index (χ0n) is 15.3. The number of hydrogen-bond donors (Lipinski definition) is 1. The quantitative estimate of drug-likeness (QED) is 0.728. The molecule has 7 nitrogen and oxygen atoms in total. The maximum absolute atomic E-state index is 13.1. The summed E-state index contributed by atoms with van der Waals surface area (Å²) in [4.78, 5) is 38.5. The highest BCUT2D eigenvalue weighted by Gasteiger charge is 2.40. The molecule has 5 rings (SSSR count). The Balaban J connectivity index is 1.46. The average Bonchev–Trinajstić information content (AvgIpc) is 3.40. The summed E-state index contributed by atoms with van der Waals surface area (Å²) in [5.74, 6) is 1.62. The largest absolute Gasteiger partial charge is 0.366 e. The second-order valence-electron chi connectivity index (χ2n) is 7.66. The Bertz CT molecular complexity index is 961. The number of fused-ring (bicyclic) bond motifs is 4. The molecule has 2 fully saturated rings. The van der Waals surface area contributed by atoms with Crippen molar-refractivity contribution in [3.8, 4) is 0 Å². The summed E-state index contributed by atoms with van der Waals surface area (Å²) >= 11 is 3.39. The number of aromatic nitrogens is 2. The molecule has 2 aromatic rings. The van der Waals surface area contributed by atoms with Crippen LogP contribution in [0.2, 0.25) is 0 Å². The second-order valence-corrected chi connectivity index (χ2v) is 8.57. The molecule has 0 radical (unpaired) electrons. The molecule has 1 N–H and O–H groups in total. The van der Waals surface area contributed by atoms with Crippen LogP contribution in [-0.2, 0) is 0 Å². The second kappa shape index (κ2) is 6.84. The molecule has 0 spiro atoms. The number of ketones is 1. The van der Waals surface area contributed by atoms with E-state index in [-0.39, 0.29) is 17.9 Å². The van der Waals surface area contributed by atoms with Crippen LogP contribution in [0, 0.1) is 5.92 Å². The van der Waals surface area contributed by atoms with Crippen LogP contribution in [0.5, 0.6) is 0 Å². The third kappa shape index (κ3) is 3.26. The lowest BCUT2D eigenvalue weighted by atomic mass is 10.1. The molecule has 1 aliphatic carbocycles. The van der Waals surface area contributed by atoms with Crippen molar-refractivity contribution < 1.29 is 9.59 Å². The smallest absolute Gasteiger partial charge is 0.329 e. The van der Waals surface area contributed by atoms with Crippen molar-refractivity contribution >= 4 is 45.1 Å². The van der Waals surface area contributed by atoms with Gasteiger partial charge in [-0.15, -0.1) is 0 Å². The minimum absolute atomic E-state index is 0.0425. The first kappa shape index (κ1) is 17.6. The Hall–Kier alpha value is -2.48. The molecular formula is C20H20BrN5O2. The van der Waals surface area contributed by atoms with E-state index in [1.807, 2.05) is 6.07 Å². The molecule has 2 amide bonds. The first-order valence-corrected chi connectivity index (χ1v) is 10.4. The zero-order chi connectivity index (χ0) is 19.3. The molecular weight excluding hydrogens is 422 g/mol. The average molecular weight is 442 g/mol. The molecule has 8 heteroatoms. The number of nitrogens with zero attached hydrogens (tertiary/aromatic N) is 4. The van der Waals surface area contributed by atoms with Gasteiger partial charge in [-0.05, 0) is 49.4 Å². The summed E-state index contributed by atoms with van der Waals surface area (Å²) in [5.41, 5.74) is 1.36. The van der Waals surface area contributed by atoms with E-state index in [2.05, 4.69) is 36.1 Å². The zero-order valence-corrected chi connectivity index (χ0v) is 16.9. The van der Waals surface area contributed by atoms with Crippen molar-refractivity contribution in [2.45, 2.75) is 31.7 Å². The molecule has 0 unspecified atom stereocenters. The van der Waals surface area contributed by atoms with Gasteiger partial charge in [0.25, 0.3) is 0 Å². The van der Waals surface area contributed by atoms with Crippen molar-refractivity contribution in [2.75, 3.05) is 28.2 Å². The molecule has 3 aliphatic rings. The number of urea groups is 1. The lowest BCUT2D eigenvalue weighted by molar-refractivity contribution is 0.0971. The molecule has 2 aliphatic heterocycles. The van der Waals surface area contributed by atoms with Gasteiger partial charge >= 0.3 is 6.03 Å². The number of amides is 2. The maximum atomic E-state index is 13.1. The highest BCUT2D eigenvalue weighted by atomic mass is 79.9. The summed E-state index contributed by atoms with van der Waals surface area (Å²) in [7, 11) is 0. The van der Waals surface area contributed by atoms with Gasteiger partial charge in [-0.2, -0.15) is 0 Å². The minimum atomic E-state index is -0.266. The van der Waals surface area contributed by atoms with Gasteiger partial charge in [0.05, 0.1) is 11.7 Å². The fourth-order valence-electron chi connectivity index (χ4n) is 3.96. The molecule has 2 bridgehead atoms. The molecule has 2 aromatic heterocycles. The number of rotatable bonds is 4. The third-order valence-corrected chi connectivity index (χ3v) is 6.08. The molecule has 0 aromatic carbocycles. The van der Waals surface area contributed by atoms with Crippen molar-refractivity contribution in [3.05, 3.63) is 40.6 Å². The van der Waals surface area contributed by atoms with E-state index >= 15 is 0 Å². The number of halogens is 1. The first-order chi connectivity index (χ1) is 13.6. The number of carbonyl (C=O) groups excluding carboxylic acids is 2. The van der Waals surface area contributed by atoms with Gasteiger partial charge in [0.2, 0.25) is 0 Å². The van der Waals surface area contributed by atoms with Crippen LogP contribution in [0.4, 0.5) is 22.1 Å². The highest BCUT2D eigenvalue weighted by Crippen LogP contribution is 2.40. The topological polar surface area (TPSA) is 78.4 Å². The van der Waals surface area contributed by atoms with Crippen molar-refractivity contribution in [2.24, 2.45) is 5.92 Å². The summed E-state index contributed by atoms with van der Waals surface area (Å²) in [5, 5.41) is 2.87. The van der Waals surface area contributed by atoms with Gasteiger partial charge in [0, 0.05) is 30.2 Å². The summed E-state index contributed by atoms with van der Waals surface area (Å²) < 4.78 is 0.843. The Kier molecular flexibility index (Phi) is 4.30. The van der Waals surface area contributed by atoms with E-state index in [0.717, 1.165) is 42.5 Å². The number of nitrogens with one attached hydrogen (secondary N) is 1. The molecule has 1 atom stereocenters. The number of carbonyl (C=O) groups is 2. The Morgan fingerprint density at radius 1 is 1.21 bits per heavy atom. The monoisotopic (exact) mass is 441 g/mol. The van der Waals surface area contributed by atoms with E-state index in [1.165, 1.54) is 0 Å². The van der Waals surface area contributed by atoms with Crippen LogP contribution in [0.3, 0.4) is 0 Å². The van der Waals surface area contributed by atoms with Crippen molar-refractivity contribution in [1.82, 2.24) is 9.97 Å². The lowest BCUT2D eigenvalue weighted by Crippen LogP contribution is -2.48. The third-order valence-electron chi connectivity index (χ3n) is 5.58. The summed E-state index contributed by atoms with van der Waals surface area (Å²) in [6.45, 7) is 1.66. The first-order valence-electron chi connectivity index (χ1n) is 9.59. The predicted molar refractivity (Wildman–Crippen MR) is 110 cm³/mol. The summed E-state index contributed by atoms with van der Waals surface area (Å²) in [6, 6.07) is 7.07. The van der Waals surface area contributed by atoms with Crippen LogP contribution in [-0.4, -0.2) is 40.9 Å². The van der Waals surface area contributed by atoms with Gasteiger partial charge in [0.15, 0.2) is 11.6 Å². The van der Waals surface area contributed by atoms with Gasteiger partial charge in [0.1, 0.15) is 11.5 Å². The van der Waals surface area contributed by atoms with E-state index < -0.39 is 0 Å². The van der Waals surface area contributed by atoms with E-state index in [1.54, 1.807) is 29.3 Å². The van der Waals surface area contributed by atoms with Crippen LogP contribution in [0.15, 0.2) is 34.9 Å². The highest BCUT2D eigenvalue weighted by molar-refractivity contribution is 9.10. The Labute approximate surface area is 171 Å². The van der Waals surface area contributed by atoms with Crippen molar-refractivity contribution in [1.29, 1.82) is 0 Å². The Morgan fingerprint density at radius 3 is 2.86 bits per heavy atom. The normalized spacial score (nSPS) is 20.1. The lowest BCUT2D eigenvalue weighted by Gasteiger charge is -2.35. The van der Waals surface area contributed by atoms with Gasteiger partial charge in [-0.1, -0.05) is 15.9 Å². The number of anilines is 3. The Morgan fingerprint density at radius 2 is 2.07 bits per heavy atom. The van der Waals surface area contributed by atoms with E-state index in [4.69, 9.17) is 0 Å². The fourth-order valence-corrected chi connectivity index (χ4v) is 4.29. The fraction of sp³-hybridized carbons (Fsp3) is 0.400. The van der Waals surface area contributed by atoms with Crippen LogP contribution in [0.25, 0.3) is 0 Å². The minimum Gasteiger partial charge on any atom is -0.366 e. The number of hydrogen-bond acceptors (Lipinski definition) is 5. The molecule has 144 valence electrons. The number of Topliss-reactive ketones (excluding diaryl/α,β-unsaturated/α-hetero) is 1. The van der Waals surface area contributed by atoms with Crippen LogP contribution >= 0.6 is 15.9 Å². The number of pyridine rings is 2. The predicted octanol–water partition coefficient (Wildman–Crippen LogP) is 3.85. The van der Waals surface area contributed by atoms with Gasteiger partial charge < -0.3 is 4.90 Å². The van der Waals surface area contributed by atoms with Gasteiger partial charge in [-0.25, -0.2) is 14.8 Å². The van der Waals surface area contributed by atoms with Crippen LogP contribution in [0.1, 0.15) is 36.2 Å². The van der Waals surface area contributed by atoms with E-state index in [0.29, 0.717) is 29.7 Å². The molecule has 1 saturated carbocycles. The summed E-state index contributed by atoms with van der Waals surface area (Å²) in [6.07, 6.45) is 5.31. The SMILES string of the molecule is O=C(CC1CC1)c1ccc2c(n1)N(C(=O)Nc1cc(Br)ccn1)[C@H]1CCN2C1. The molecule has 4 heterocycles. The van der Waals surface area contributed by atoms with Crippen molar-refractivity contribution in [3.63, 3.8) is 0 Å². The van der Waals surface area contributed by atoms with Gasteiger partial charge in [-0.3, -0.25) is 15.0 Å². The maximum Gasteiger partial charge on any atom is 0.329 e. The molecule has 28 heavy (non-hydrogen) atoms.